The highest BCUT2D eigenvalue weighted by Crippen LogP contribution is 2.12. The number of fused-ring (bicyclic) bond motifs is 1. The van der Waals surface area contributed by atoms with E-state index in [1.807, 2.05) is 6.07 Å². The molecule has 0 aromatic carbocycles. The standard InChI is InChI=1S/C10H10N2O2/c1-11-4-3-7-5-8(6-13)12(2)9(7)10(11)14/h3-6H,1-2H3. The van der Waals surface area contributed by atoms with Crippen LogP contribution in [0.15, 0.2) is 23.1 Å². The number of aryl methyl sites for hydroxylation is 2. The number of nitrogens with zero attached hydrogens (tertiary/aromatic N) is 2. The van der Waals surface area contributed by atoms with E-state index in [1.165, 1.54) is 4.57 Å². The second-order valence-corrected chi connectivity index (χ2v) is 3.28. The number of aromatic nitrogens is 2. The minimum atomic E-state index is -0.0851. The van der Waals surface area contributed by atoms with Crippen LogP contribution in [0.3, 0.4) is 0 Å². The van der Waals surface area contributed by atoms with Gasteiger partial charge in [-0.25, -0.2) is 0 Å². The first-order valence-corrected chi connectivity index (χ1v) is 4.25. The molecule has 72 valence electrons. The van der Waals surface area contributed by atoms with E-state index in [-0.39, 0.29) is 5.56 Å². The van der Waals surface area contributed by atoms with Crippen LogP contribution in [0.1, 0.15) is 10.5 Å². The van der Waals surface area contributed by atoms with E-state index >= 15 is 0 Å². The molecular weight excluding hydrogens is 180 g/mol. The van der Waals surface area contributed by atoms with Crippen molar-refractivity contribution in [3.63, 3.8) is 0 Å². The number of carbonyl (C=O) groups excluding carboxylic acids is 1. The molecule has 0 aliphatic carbocycles. The average Bonchev–Trinajstić information content (AvgIpc) is 2.50. The monoisotopic (exact) mass is 190 g/mol. The molecule has 0 N–H and O–H groups in total. The Morgan fingerprint density at radius 1 is 1.36 bits per heavy atom. The zero-order valence-corrected chi connectivity index (χ0v) is 8.02. The van der Waals surface area contributed by atoms with E-state index in [2.05, 4.69) is 0 Å². The highest BCUT2D eigenvalue weighted by atomic mass is 16.1. The summed E-state index contributed by atoms with van der Waals surface area (Å²) in [4.78, 5) is 22.4. The Kier molecular flexibility index (Phi) is 1.77. The molecule has 0 saturated heterocycles. The minimum Gasteiger partial charge on any atom is -0.337 e. The van der Waals surface area contributed by atoms with Gasteiger partial charge in [0.05, 0.1) is 5.69 Å². The van der Waals surface area contributed by atoms with Crippen LogP contribution >= 0.6 is 0 Å². The molecule has 2 rings (SSSR count). The lowest BCUT2D eigenvalue weighted by atomic mass is 10.3. The lowest BCUT2D eigenvalue weighted by Gasteiger charge is -1.99. The Morgan fingerprint density at radius 2 is 2.07 bits per heavy atom. The first kappa shape index (κ1) is 8.74. The Bertz CT molecular complexity index is 563. The molecule has 0 radical (unpaired) electrons. The van der Waals surface area contributed by atoms with Crippen LogP contribution in [0.25, 0.3) is 10.9 Å². The zero-order chi connectivity index (χ0) is 10.3. The van der Waals surface area contributed by atoms with Crippen molar-refractivity contribution in [2.75, 3.05) is 0 Å². The molecule has 2 aromatic heterocycles. The lowest BCUT2D eigenvalue weighted by Crippen LogP contribution is -2.17. The van der Waals surface area contributed by atoms with Crippen LogP contribution in [0.5, 0.6) is 0 Å². The third kappa shape index (κ3) is 1.00. The van der Waals surface area contributed by atoms with Gasteiger partial charge >= 0.3 is 0 Å². The largest absolute Gasteiger partial charge is 0.337 e. The van der Waals surface area contributed by atoms with E-state index < -0.39 is 0 Å². The Morgan fingerprint density at radius 3 is 2.71 bits per heavy atom. The van der Waals surface area contributed by atoms with Crippen LogP contribution in [0.4, 0.5) is 0 Å². The second kappa shape index (κ2) is 2.83. The molecule has 0 aliphatic rings. The van der Waals surface area contributed by atoms with Crippen LogP contribution in [0.2, 0.25) is 0 Å². The number of hydrogen-bond acceptors (Lipinski definition) is 2. The molecule has 0 bridgehead atoms. The summed E-state index contributed by atoms with van der Waals surface area (Å²) in [6.45, 7) is 0. The van der Waals surface area contributed by atoms with Crippen molar-refractivity contribution >= 4 is 17.2 Å². The van der Waals surface area contributed by atoms with Crippen molar-refractivity contribution in [2.24, 2.45) is 14.1 Å². The van der Waals surface area contributed by atoms with Gasteiger partial charge in [0, 0.05) is 25.7 Å². The smallest absolute Gasteiger partial charge is 0.274 e. The maximum Gasteiger partial charge on any atom is 0.274 e. The molecule has 0 saturated carbocycles. The molecule has 0 unspecified atom stereocenters. The molecule has 0 atom stereocenters. The van der Waals surface area contributed by atoms with Gasteiger partial charge in [-0.15, -0.1) is 0 Å². The summed E-state index contributed by atoms with van der Waals surface area (Å²) in [7, 11) is 3.41. The topological polar surface area (TPSA) is 44.0 Å². The van der Waals surface area contributed by atoms with Gasteiger partial charge in [0.15, 0.2) is 6.29 Å². The highest BCUT2D eigenvalue weighted by molar-refractivity contribution is 5.88. The van der Waals surface area contributed by atoms with Crippen LogP contribution < -0.4 is 5.56 Å². The Hall–Kier alpha value is -1.84. The van der Waals surface area contributed by atoms with Crippen molar-refractivity contribution in [1.29, 1.82) is 0 Å². The summed E-state index contributed by atoms with van der Waals surface area (Å²) >= 11 is 0. The summed E-state index contributed by atoms with van der Waals surface area (Å²) in [6.07, 6.45) is 2.44. The van der Waals surface area contributed by atoms with E-state index in [1.54, 1.807) is 30.9 Å². The minimum absolute atomic E-state index is 0.0851. The van der Waals surface area contributed by atoms with Gasteiger partial charge in [0.2, 0.25) is 0 Å². The van der Waals surface area contributed by atoms with Crippen molar-refractivity contribution in [1.82, 2.24) is 9.13 Å². The molecule has 0 amide bonds. The van der Waals surface area contributed by atoms with Crippen molar-refractivity contribution in [3.8, 4) is 0 Å². The van der Waals surface area contributed by atoms with Gasteiger partial charge in [0.1, 0.15) is 5.52 Å². The number of carbonyl (C=O) groups is 1. The molecular formula is C10H10N2O2. The van der Waals surface area contributed by atoms with Crippen LogP contribution in [0, 0.1) is 0 Å². The fourth-order valence-electron chi connectivity index (χ4n) is 1.58. The first-order chi connectivity index (χ1) is 6.65. The van der Waals surface area contributed by atoms with Gasteiger partial charge < -0.3 is 9.13 Å². The molecule has 0 aliphatic heterocycles. The quantitative estimate of drug-likeness (QED) is 0.621. The fourth-order valence-corrected chi connectivity index (χ4v) is 1.58. The molecule has 4 heteroatoms. The van der Waals surface area contributed by atoms with Gasteiger partial charge in [0.25, 0.3) is 5.56 Å². The van der Waals surface area contributed by atoms with Crippen LogP contribution in [-0.2, 0) is 14.1 Å². The Balaban J connectivity index is 3.01. The third-order valence-corrected chi connectivity index (χ3v) is 2.42. The van der Waals surface area contributed by atoms with E-state index in [4.69, 9.17) is 0 Å². The molecule has 4 nitrogen and oxygen atoms in total. The Labute approximate surface area is 80.4 Å². The average molecular weight is 190 g/mol. The summed E-state index contributed by atoms with van der Waals surface area (Å²) in [6, 6.07) is 3.54. The van der Waals surface area contributed by atoms with Crippen molar-refractivity contribution in [2.45, 2.75) is 0 Å². The predicted octanol–water partition coefficient (Wildman–Crippen LogP) is 0.689. The summed E-state index contributed by atoms with van der Waals surface area (Å²) in [5, 5.41) is 0.803. The number of pyridine rings is 1. The maximum atomic E-state index is 11.7. The lowest BCUT2D eigenvalue weighted by molar-refractivity contribution is 0.111. The predicted molar refractivity (Wildman–Crippen MR) is 53.5 cm³/mol. The normalized spacial score (nSPS) is 10.7. The summed E-state index contributed by atoms with van der Waals surface area (Å²) in [5.74, 6) is 0. The molecule has 14 heavy (non-hydrogen) atoms. The van der Waals surface area contributed by atoms with Crippen LogP contribution in [-0.4, -0.2) is 15.4 Å². The van der Waals surface area contributed by atoms with E-state index in [0.717, 1.165) is 11.7 Å². The second-order valence-electron chi connectivity index (χ2n) is 3.28. The first-order valence-electron chi connectivity index (χ1n) is 4.25. The highest BCUT2D eigenvalue weighted by Gasteiger charge is 2.08. The van der Waals surface area contributed by atoms with Crippen molar-refractivity contribution in [3.05, 3.63) is 34.4 Å². The summed E-state index contributed by atoms with van der Waals surface area (Å²) < 4.78 is 3.11. The number of aldehydes is 1. The maximum absolute atomic E-state index is 11.7. The third-order valence-electron chi connectivity index (χ3n) is 2.42. The van der Waals surface area contributed by atoms with Gasteiger partial charge in [-0.05, 0) is 12.1 Å². The summed E-state index contributed by atoms with van der Waals surface area (Å²) in [5.41, 5.74) is 0.999. The van der Waals surface area contributed by atoms with Gasteiger partial charge in [-0.3, -0.25) is 9.59 Å². The van der Waals surface area contributed by atoms with Crippen molar-refractivity contribution < 1.29 is 4.79 Å². The fraction of sp³-hybridized carbons (Fsp3) is 0.200. The number of rotatable bonds is 1. The van der Waals surface area contributed by atoms with E-state index in [9.17, 15) is 9.59 Å². The van der Waals surface area contributed by atoms with Gasteiger partial charge in [-0.1, -0.05) is 0 Å². The number of hydrogen-bond donors (Lipinski definition) is 0. The molecule has 0 spiro atoms. The van der Waals surface area contributed by atoms with Gasteiger partial charge in [-0.2, -0.15) is 0 Å². The molecule has 0 fully saturated rings. The molecule has 2 heterocycles. The molecule has 2 aromatic rings. The zero-order valence-electron chi connectivity index (χ0n) is 8.02. The SMILES string of the molecule is Cn1ccc2cc(C=O)n(C)c2c1=O. The van der Waals surface area contributed by atoms with E-state index in [0.29, 0.717) is 11.2 Å².